The van der Waals surface area contributed by atoms with Crippen LogP contribution in [-0.2, 0) is 11.2 Å². The van der Waals surface area contributed by atoms with Crippen LogP contribution in [0.1, 0.15) is 45.0 Å². The number of carboxylic acids is 1. The van der Waals surface area contributed by atoms with Crippen LogP contribution in [0.25, 0.3) is 0 Å². The number of benzene rings is 2. The third kappa shape index (κ3) is 3.87. The van der Waals surface area contributed by atoms with Gasteiger partial charge in [-0.25, -0.2) is 4.79 Å². The van der Waals surface area contributed by atoms with Crippen LogP contribution in [0.5, 0.6) is 5.75 Å². The van der Waals surface area contributed by atoms with E-state index in [1.807, 2.05) is 19.9 Å². The number of amides is 1. The Hall–Kier alpha value is -2.82. The summed E-state index contributed by atoms with van der Waals surface area (Å²) in [7, 11) is 0. The molecule has 0 saturated carbocycles. The molecule has 0 fully saturated rings. The maximum atomic E-state index is 12.5. The molecule has 0 aromatic heterocycles. The maximum absolute atomic E-state index is 12.5. The number of carbonyl (C=O) groups is 2. The zero-order valence-electron chi connectivity index (χ0n) is 15.0. The zero-order chi connectivity index (χ0) is 18.7. The molecule has 2 aromatic rings. The first-order valence-electron chi connectivity index (χ1n) is 8.77. The first kappa shape index (κ1) is 18.0. The van der Waals surface area contributed by atoms with Gasteiger partial charge < -0.3 is 15.2 Å². The molecule has 0 bridgehead atoms. The van der Waals surface area contributed by atoms with Crippen LogP contribution >= 0.6 is 0 Å². The second kappa shape index (κ2) is 7.60. The Kier molecular flexibility index (Phi) is 5.26. The highest BCUT2D eigenvalue weighted by Crippen LogP contribution is 2.32. The van der Waals surface area contributed by atoms with Gasteiger partial charge in [-0.15, -0.1) is 0 Å². The van der Waals surface area contributed by atoms with Gasteiger partial charge in [0.05, 0.1) is 0 Å². The first-order chi connectivity index (χ1) is 12.5. The minimum atomic E-state index is -1.03. The predicted molar refractivity (Wildman–Crippen MR) is 98.9 cm³/mol. The quantitative estimate of drug-likeness (QED) is 0.836. The van der Waals surface area contributed by atoms with Crippen molar-refractivity contribution in [1.82, 2.24) is 5.32 Å². The van der Waals surface area contributed by atoms with E-state index < -0.39 is 12.6 Å². The maximum Gasteiger partial charge on any atom is 0.341 e. The highest BCUT2D eigenvalue weighted by atomic mass is 16.5. The van der Waals surface area contributed by atoms with E-state index in [1.165, 1.54) is 11.1 Å². The summed E-state index contributed by atoms with van der Waals surface area (Å²) in [6.07, 6.45) is 2.12. The number of rotatable bonds is 6. The van der Waals surface area contributed by atoms with Gasteiger partial charge in [0.15, 0.2) is 6.61 Å². The van der Waals surface area contributed by atoms with Gasteiger partial charge in [0.25, 0.3) is 5.91 Å². The standard InChI is InChI=1S/C21H23NO4/c1-13-9-17(10-14(2)20(13)26-12-19(23)24)21(25)22-11-16-8-7-15-5-3-4-6-18(15)16/h3-6,9-10,16H,7-8,11-12H2,1-2H3,(H,22,25)(H,23,24). The Morgan fingerprint density at radius 2 is 1.88 bits per heavy atom. The third-order valence-electron chi connectivity index (χ3n) is 4.83. The monoisotopic (exact) mass is 353 g/mol. The molecule has 5 nitrogen and oxygen atoms in total. The molecular formula is C21H23NO4. The zero-order valence-corrected chi connectivity index (χ0v) is 15.0. The largest absolute Gasteiger partial charge is 0.481 e. The summed E-state index contributed by atoms with van der Waals surface area (Å²) in [5, 5.41) is 11.8. The fourth-order valence-corrected chi connectivity index (χ4v) is 3.62. The van der Waals surface area contributed by atoms with E-state index in [1.54, 1.807) is 12.1 Å². The number of hydrogen-bond acceptors (Lipinski definition) is 3. The number of aliphatic carboxylic acids is 1. The normalized spacial score (nSPS) is 15.4. The molecular weight excluding hydrogens is 330 g/mol. The SMILES string of the molecule is Cc1cc(C(=O)NCC2CCc3ccccc32)cc(C)c1OCC(=O)O. The highest BCUT2D eigenvalue weighted by Gasteiger charge is 2.22. The Morgan fingerprint density at radius 1 is 1.19 bits per heavy atom. The molecule has 2 aromatic carbocycles. The second-order valence-corrected chi connectivity index (χ2v) is 6.77. The van der Waals surface area contributed by atoms with Gasteiger partial charge in [0, 0.05) is 18.0 Å². The van der Waals surface area contributed by atoms with Gasteiger partial charge in [-0.2, -0.15) is 0 Å². The molecule has 1 aliphatic rings. The number of fused-ring (bicyclic) bond motifs is 1. The average molecular weight is 353 g/mol. The minimum absolute atomic E-state index is 0.120. The molecule has 1 atom stereocenters. The molecule has 0 radical (unpaired) electrons. The number of nitrogens with one attached hydrogen (secondary N) is 1. The van der Waals surface area contributed by atoms with Crippen molar-refractivity contribution in [3.8, 4) is 5.75 Å². The summed E-state index contributed by atoms with van der Waals surface area (Å²) in [5.74, 6) is -0.267. The molecule has 0 saturated heterocycles. The van der Waals surface area contributed by atoms with Crippen LogP contribution in [0.2, 0.25) is 0 Å². The van der Waals surface area contributed by atoms with Crippen molar-refractivity contribution in [1.29, 1.82) is 0 Å². The molecule has 26 heavy (non-hydrogen) atoms. The second-order valence-electron chi connectivity index (χ2n) is 6.77. The molecule has 1 unspecified atom stereocenters. The van der Waals surface area contributed by atoms with E-state index in [9.17, 15) is 9.59 Å². The van der Waals surface area contributed by atoms with E-state index in [-0.39, 0.29) is 5.91 Å². The smallest absolute Gasteiger partial charge is 0.341 e. The van der Waals surface area contributed by atoms with Crippen LogP contribution < -0.4 is 10.1 Å². The average Bonchev–Trinajstić information content (AvgIpc) is 3.01. The van der Waals surface area contributed by atoms with Gasteiger partial charge >= 0.3 is 5.97 Å². The van der Waals surface area contributed by atoms with E-state index in [2.05, 4.69) is 23.5 Å². The number of hydrogen-bond donors (Lipinski definition) is 2. The van der Waals surface area contributed by atoms with Crippen molar-refractivity contribution in [2.45, 2.75) is 32.6 Å². The summed E-state index contributed by atoms with van der Waals surface area (Å²) >= 11 is 0. The van der Waals surface area contributed by atoms with Crippen molar-refractivity contribution in [2.75, 3.05) is 13.2 Å². The first-order valence-corrected chi connectivity index (χ1v) is 8.77. The molecule has 0 heterocycles. The van der Waals surface area contributed by atoms with E-state index in [4.69, 9.17) is 9.84 Å². The fraction of sp³-hybridized carbons (Fsp3) is 0.333. The molecule has 2 N–H and O–H groups in total. The number of carbonyl (C=O) groups excluding carboxylic acids is 1. The van der Waals surface area contributed by atoms with Gasteiger partial charge in [0.2, 0.25) is 0 Å². The lowest BCUT2D eigenvalue weighted by Crippen LogP contribution is -2.28. The van der Waals surface area contributed by atoms with E-state index in [0.717, 1.165) is 24.0 Å². The molecule has 1 aliphatic carbocycles. The Bertz CT molecular complexity index is 821. The number of ether oxygens (including phenoxy) is 1. The van der Waals surface area contributed by atoms with Crippen molar-refractivity contribution < 1.29 is 19.4 Å². The van der Waals surface area contributed by atoms with Crippen molar-refractivity contribution in [2.24, 2.45) is 0 Å². The number of aryl methyl sites for hydroxylation is 3. The van der Waals surface area contributed by atoms with Crippen molar-refractivity contribution in [3.63, 3.8) is 0 Å². The van der Waals surface area contributed by atoms with Crippen LogP contribution in [0, 0.1) is 13.8 Å². The molecule has 0 spiro atoms. The number of carboxylic acid groups (broad SMARTS) is 1. The topological polar surface area (TPSA) is 75.6 Å². The fourth-order valence-electron chi connectivity index (χ4n) is 3.62. The predicted octanol–water partition coefficient (Wildman–Crippen LogP) is 3.23. The Morgan fingerprint density at radius 3 is 2.58 bits per heavy atom. The lowest BCUT2D eigenvalue weighted by atomic mass is 10.0. The van der Waals surface area contributed by atoms with Gasteiger partial charge in [-0.1, -0.05) is 24.3 Å². The van der Waals surface area contributed by atoms with Gasteiger partial charge in [0.1, 0.15) is 5.75 Å². The van der Waals surface area contributed by atoms with Crippen LogP contribution in [-0.4, -0.2) is 30.1 Å². The highest BCUT2D eigenvalue weighted by molar-refractivity contribution is 5.95. The van der Waals surface area contributed by atoms with E-state index >= 15 is 0 Å². The summed E-state index contributed by atoms with van der Waals surface area (Å²) in [5.41, 5.74) is 4.77. The van der Waals surface area contributed by atoms with Crippen LogP contribution in [0.15, 0.2) is 36.4 Å². The minimum Gasteiger partial charge on any atom is -0.481 e. The molecule has 136 valence electrons. The Balaban J connectivity index is 1.66. The van der Waals surface area contributed by atoms with Crippen LogP contribution in [0.3, 0.4) is 0 Å². The summed E-state index contributed by atoms with van der Waals surface area (Å²) in [6, 6.07) is 11.9. The van der Waals surface area contributed by atoms with Crippen molar-refractivity contribution in [3.05, 3.63) is 64.2 Å². The molecule has 1 amide bonds. The lowest BCUT2D eigenvalue weighted by molar-refractivity contribution is -0.139. The Labute approximate surface area is 153 Å². The molecule has 3 rings (SSSR count). The summed E-state index contributed by atoms with van der Waals surface area (Å²) in [6.45, 7) is 3.85. The molecule has 5 heteroatoms. The third-order valence-corrected chi connectivity index (χ3v) is 4.83. The van der Waals surface area contributed by atoms with Gasteiger partial charge in [-0.05, 0) is 61.1 Å². The summed E-state index contributed by atoms with van der Waals surface area (Å²) in [4.78, 5) is 23.2. The lowest BCUT2D eigenvalue weighted by Gasteiger charge is -2.15. The van der Waals surface area contributed by atoms with Crippen LogP contribution in [0.4, 0.5) is 0 Å². The van der Waals surface area contributed by atoms with E-state index in [0.29, 0.717) is 23.8 Å². The van der Waals surface area contributed by atoms with Crippen molar-refractivity contribution >= 4 is 11.9 Å². The summed E-state index contributed by atoms with van der Waals surface area (Å²) < 4.78 is 5.31. The van der Waals surface area contributed by atoms with Gasteiger partial charge in [-0.3, -0.25) is 4.79 Å². The molecule has 0 aliphatic heterocycles.